The first-order valence-corrected chi connectivity index (χ1v) is 8.42. The van der Waals surface area contributed by atoms with Gasteiger partial charge in [0.15, 0.2) is 5.01 Å². The zero-order chi connectivity index (χ0) is 15.7. The Hall–Kier alpha value is -1.54. The minimum Gasteiger partial charge on any atom is -0.481 e. The van der Waals surface area contributed by atoms with Crippen LogP contribution in [0, 0.1) is 11.7 Å². The van der Waals surface area contributed by atoms with Crippen LogP contribution in [0.1, 0.15) is 12.8 Å². The largest absolute Gasteiger partial charge is 0.481 e. The molecule has 0 amide bonds. The Balaban J connectivity index is 1.84. The van der Waals surface area contributed by atoms with Gasteiger partial charge in [-0.3, -0.25) is 4.79 Å². The van der Waals surface area contributed by atoms with Crippen molar-refractivity contribution in [1.82, 2.24) is 10.2 Å². The van der Waals surface area contributed by atoms with E-state index in [0.717, 1.165) is 17.4 Å². The molecule has 0 spiro atoms. The number of rotatable bonds is 3. The van der Waals surface area contributed by atoms with Crippen molar-refractivity contribution in [3.63, 3.8) is 0 Å². The molecular weight excluding hydrogens is 373 g/mol. The maximum absolute atomic E-state index is 13.9. The summed E-state index contributed by atoms with van der Waals surface area (Å²) in [5, 5.41) is 18.4. The SMILES string of the molecule is O=C(O)C1CCCN(c2nnc(-c3cc(Br)ccc3F)s2)C1. The molecule has 2 aromatic rings. The van der Waals surface area contributed by atoms with Crippen molar-refractivity contribution in [2.24, 2.45) is 5.92 Å². The lowest BCUT2D eigenvalue weighted by Crippen LogP contribution is -2.38. The molecule has 1 aromatic carbocycles. The van der Waals surface area contributed by atoms with Gasteiger partial charge in [0.05, 0.1) is 5.92 Å². The lowest BCUT2D eigenvalue weighted by Gasteiger charge is -2.29. The minimum absolute atomic E-state index is 0.354. The fourth-order valence-corrected chi connectivity index (χ4v) is 3.72. The molecule has 1 saturated heterocycles. The molecule has 0 radical (unpaired) electrons. The monoisotopic (exact) mass is 385 g/mol. The number of aliphatic carboxylic acids is 1. The molecule has 1 aliphatic rings. The summed E-state index contributed by atoms with van der Waals surface area (Å²) in [6.45, 7) is 1.17. The fraction of sp³-hybridized carbons (Fsp3) is 0.357. The number of carboxylic acids is 1. The summed E-state index contributed by atoms with van der Waals surface area (Å²) in [7, 11) is 0. The molecule has 1 aromatic heterocycles. The van der Waals surface area contributed by atoms with Gasteiger partial charge in [0.2, 0.25) is 5.13 Å². The molecule has 1 fully saturated rings. The van der Waals surface area contributed by atoms with Gasteiger partial charge in [-0.1, -0.05) is 27.3 Å². The van der Waals surface area contributed by atoms with Crippen molar-refractivity contribution >= 4 is 38.4 Å². The molecule has 5 nitrogen and oxygen atoms in total. The normalized spacial score (nSPS) is 18.5. The van der Waals surface area contributed by atoms with E-state index in [1.807, 2.05) is 4.90 Å². The lowest BCUT2D eigenvalue weighted by atomic mass is 9.99. The highest BCUT2D eigenvalue weighted by atomic mass is 79.9. The van der Waals surface area contributed by atoms with E-state index in [-0.39, 0.29) is 11.7 Å². The Morgan fingerprint density at radius 2 is 2.27 bits per heavy atom. The quantitative estimate of drug-likeness (QED) is 0.876. The Kier molecular flexibility index (Phi) is 4.39. The lowest BCUT2D eigenvalue weighted by molar-refractivity contribution is -0.141. The molecule has 0 saturated carbocycles. The van der Waals surface area contributed by atoms with Crippen molar-refractivity contribution in [1.29, 1.82) is 0 Å². The van der Waals surface area contributed by atoms with E-state index in [2.05, 4.69) is 26.1 Å². The van der Waals surface area contributed by atoms with E-state index < -0.39 is 5.97 Å². The van der Waals surface area contributed by atoms with Crippen LogP contribution in [0.4, 0.5) is 9.52 Å². The second-order valence-electron chi connectivity index (χ2n) is 5.14. The first-order valence-electron chi connectivity index (χ1n) is 6.81. The number of aromatic nitrogens is 2. The van der Waals surface area contributed by atoms with E-state index >= 15 is 0 Å². The van der Waals surface area contributed by atoms with Crippen LogP contribution in [-0.4, -0.2) is 34.4 Å². The number of nitrogens with zero attached hydrogens (tertiary/aromatic N) is 3. The van der Waals surface area contributed by atoms with Crippen molar-refractivity contribution < 1.29 is 14.3 Å². The molecule has 2 heterocycles. The summed E-state index contributed by atoms with van der Waals surface area (Å²) in [4.78, 5) is 13.0. The van der Waals surface area contributed by atoms with E-state index in [9.17, 15) is 9.18 Å². The third-order valence-electron chi connectivity index (χ3n) is 3.61. The molecule has 8 heteroatoms. The Labute approximate surface area is 138 Å². The second-order valence-corrected chi connectivity index (χ2v) is 7.01. The van der Waals surface area contributed by atoms with Crippen LogP contribution in [0.3, 0.4) is 0 Å². The highest BCUT2D eigenvalue weighted by Gasteiger charge is 2.27. The maximum Gasteiger partial charge on any atom is 0.308 e. The summed E-state index contributed by atoms with van der Waals surface area (Å²) in [6.07, 6.45) is 1.48. The predicted octanol–water partition coefficient (Wildman–Crippen LogP) is 3.41. The summed E-state index contributed by atoms with van der Waals surface area (Å²) in [5.74, 6) is -1.52. The summed E-state index contributed by atoms with van der Waals surface area (Å²) in [5.41, 5.74) is 0.393. The zero-order valence-corrected chi connectivity index (χ0v) is 13.9. The van der Waals surface area contributed by atoms with Gasteiger partial charge in [-0.2, -0.15) is 0 Å². The van der Waals surface area contributed by atoms with Gasteiger partial charge >= 0.3 is 5.97 Å². The topological polar surface area (TPSA) is 66.3 Å². The third-order valence-corrected chi connectivity index (χ3v) is 5.12. The van der Waals surface area contributed by atoms with Gasteiger partial charge in [-0.15, -0.1) is 10.2 Å². The smallest absolute Gasteiger partial charge is 0.308 e. The number of hydrogen-bond donors (Lipinski definition) is 1. The second kappa shape index (κ2) is 6.29. The Morgan fingerprint density at radius 3 is 3.05 bits per heavy atom. The van der Waals surface area contributed by atoms with Crippen LogP contribution < -0.4 is 4.90 Å². The molecule has 0 aliphatic carbocycles. The van der Waals surface area contributed by atoms with Crippen molar-refractivity contribution in [2.75, 3.05) is 18.0 Å². The molecule has 116 valence electrons. The highest BCUT2D eigenvalue weighted by molar-refractivity contribution is 9.10. The van der Waals surface area contributed by atoms with Gasteiger partial charge in [-0.05, 0) is 31.0 Å². The molecule has 1 unspecified atom stereocenters. The standard InChI is InChI=1S/C14H13BrFN3O2S/c15-9-3-4-11(16)10(6-9)12-17-18-14(22-12)19-5-1-2-8(7-19)13(20)21/h3-4,6,8H,1-2,5,7H2,(H,20,21). The number of anilines is 1. The summed E-state index contributed by atoms with van der Waals surface area (Å²) in [6, 6.07) is 4.67. The Morgan fingerprint density at radius 1 is 1.45 bits per heavy atom. The molecule has 22 heavy (non-hydrogen) atoms. The molecular formula is C14H13BrFN3O2S. The van der Waals surface area contributed by atoms with E-state index in [1.54, 1.807) is 12.1 Å². The van der Waals surface area contributed by atoms with Crippen LogP contribution in [0.5, 0.6) is 0 Å². The summed E-state index contributed by atoms with van der Waals surface area (Å²) < 4.78 is 14.7. The van der Waals surface area contributed by atoms with Gasteiger partial charge in [0, 0.05) is 23.1 Å². The Bertz CT molecular complexity index is 709. The minimum atomic E-state index is -0.785. The fourth-order valence-electron chi connectivity index (χ4n) is 2.47. The van der Waals surface area contributed by atoms with Crippen LogP contribution in [-0.2, 0) is 4.79 Å². The number of piperidine rings is 1. The number of carbonyl (C=O) groups is 1. The first-order chi connectivity index (χ1) is 10.5. The first kappa shape index (κ1) is 15.4. The van der Waals surface area contributed by atoms with E-state index in [1.165, 1.54) is 17.4 Å². The average molecular weight is 386 g/mol. The number of benzene rings is 1. The predicted molar refractivity (Wildman–Crippen MR) is 85.6 cm³/mol. The van der Waals surface area contributed by atoms with E-state index in [4.69, 9.17) is 5.11 Å². The molecule has 0 bridgehead atoms. The average Bonchev–Trinajstić information content (AvgIpc) is 2.99. The van der Waals surface area contributed by atoms with Crippen LogP contribution in [0.2, 0.25) is 0 Å². The summed E-state index contributed by atoms with van der Waals surface area (Å²) >= 11 is 4.59. The van der Waals surface area contributed by atoms with Gasteiger partial charge in [0.1, 0.15) is 5.82 Å². The molecule has 1 atom stereocenters. The van der Waals surface area contributed by atoms with Gasteiger partial charge in [-0.25, -0.2) is 4.39 Å². The van der Waals surface area contributed by atoms with Crippen molar-refractivity contribution in [3.8, 4) is 10.6 Å². The van der Waals surface area contributed by atoms with Crippen molar-refractivity contribution in [3.05, 3.63) is 28.5 Å². The maximum atomic E-state index is 13.9. The molecule has 1 aliphatic heterocycles. The van der Waals surface area contributed by atoms with Crippen LogP contribution >= 0.6 is 27.3 Å². The highest BCUT2D eigenvalue weighted by Crippen LogP contribution is 2.33. The van der Waals surface area contributed by atoms with Crippen molar-refractivity contribution in [2.45, 2.75) is 12.8 Å². The van der Waals surface area contributed by atoms with Gasteiger partial charge in [0.25, 0.3) is 0 Å². The number of hydrogen-bond acceptors (Lipinski definition) is 5. The molecule has 3 rings (SSSR count). The zero-order valence-electron chi connectivity index (χ0n) is 11.5. The van der Waals surface area contributed by atoms with Crippen LogP contribution in [0.15, 0.2) is 22.7 Å². The van der Waals surface area contributed by atoms with E-state index in [0.29, 0.717) is 28.7 Å². The third kappa shape index (κ3) is 3.12. The van der Waals surface area contributed by atoms with Gasteiger partial charge < -0.3 is 10.0 Å². The number of halogens is 2. The van der Waals surface area contributed by atoms with Crippen LogP contribution in [0.25, 0.3) is 10.6 Å². The molecule has 1 N–H and O–H groups in total. The number of carboxylic acid groups (broad SMARTS) is 1.